The van der Waals surface area contributed by atoms with E-state index in [1.165, 1.54) is 19.2 Å². The summed E-state index contributed by atoms with van der Waals surface area (Å²) in [5, 5.41) is 13.9. The molecule has 0 aromatic heterocycles. The van der Waals surface area contributed by atoms with Gasteiger partial charge in [-0.15, -0.1) is 0 Å². The van der Waals surface area contributed by atoms with Gasteiger partial charge in [-0.2, -0.15) is 0 Å². The summed E-state index contributed by atoms with van der Waals surface area (Å²) in [5.74, 6) is -1.78. The van der Waals surface area contributed by atoms with E-state index in [0.29, 0.717) is 31.1 Å². The van der Waals surface area contributed by atoms with E-state index < -0.39 is 16.6 Å². The maximum absolute atomic E-state index is 13.4. The minimum Gasteiger partial charge on any atom is -0.366 e. The van der Waals surface area contributed by atoms with Gasteiger partial charge in [0.1, 0.15) is 5.69 Å². The Labute approximate surface area is 161 Å². The van der Waals surface area contributed by atoms with Crippen molar-refractivity contribution in [3.8, 4) is 0 Å². The van der Waals surface area contributed by atoms with Gasteiger partial charge < -0.3 is 10.2 Å². The van der Waals surface area contributed by atoms with Gasteiger partial charge in [0.2, 0.25) is 0 Å². The number of carbonyl (C=O) groups excluding carboxylic acids is 1. The minimum atomic E-state index is -0.855. The number of amides is 1. The van der Waals surface area contributed by atoms with Crippen molar-refractivity contribution in [2.24, 2.45) is 5.92 Å². The average Bonchev–Trinajstić information content (AvgIpc) is 2.70. The van der Waals surface area contributed by atoms with E-state index in [0.717, 1.165) is 24.5 Å². The molecule has 1 fully saturated rings. The first kappa shape index (κ1) is 19.7. The van der Waals surface area contributed by atoms with Crippen molar-refractivity contribution in [2.45, 2.75) is 19.3 Å². The number of nitro benzene ring substituents is 1. The number of nitro groups is 1. The molecule has 0 spiro atoms. The zero-order chi connectivity index (χ0) is 20.3. The number of nitrogens with one attached hydrogen (secondary N) is 1. The highest BCUT2D eigenvalue weighted by Gasteiger charge is 2.26. The number of piperidine rings is 1. The first-order valence-electron chi connectivity index (χ1n) is 9.08. The van der Waals surface area contributed by atoms with Crippen LogP contribution in [0.4, 0.5) is 20.2 Å². The van der Waals surface area contributed by atoms with Gasteiger partial charge in [-0.25, -0.2) is 8.78 Å². The summed E-state index contributed by atoms with van der Waals surface area (Å²) < 4.78 is 26.4. The van der Waals surface area contributed by atoms with Gasteiger partial charge in [0.15, 0.2) is 11.6 Å². The quantitative estimate of drug-likeness (QED) is 0.625. The zero-order valence-electron chi connectivity index (χ0n) is 15.5. The molecule has 0 saturated carbocycles. The van der Waals surface area contributed by atoms with E-state index in [4.69, 9.17) is 0 Å². The standard InChI is InChI=1S/C20H21F2N3O3/c1-23-20(26)15-3-5-18(19(12-15)25(27)28)24-8-6-13(7-9-24)10-14-2-4-16(21)17(22)11-14/h2-5,11-13H,6-10H2,1H3,(H,23,26). The Morgan fingerprint density at radius 2 is 1.89 bits per heavy atom. The molecule has 0 unspecified atom stereocenters. The predicted molar refractivity (Wildman–Crippen MR) is 101 cm³/mol. The number of nitrogens with zero attached hydrogens (tertiary/aromatic N) is 2. The molecule has 1 heterocycles. The van der Waals surface area contributed by atoms with Crippen LogP contribution in [0.25, 0.3) is 0 Å². The summed E-state index contributed by atoms with van der Waals surface area (Å²) in [4.78, 5) is 24.7. The van der Waals surface area contributed by atoms with Gasteiger partial charge in [-0.05, 0) is 55.0 Å². The molecule has 0 atom stereocenters. The largest absolute Gasteiger partial charge is 0.366 e. The summed E-state index contributed by atoms with van der Waals surface area (Å²) in [7, 11) is 1.47. The highest BCUT2D eigenvalue weighted by molar-refractivity contribution is 5.95. The average molecular weight is 389 g/mol. The lowest BCUT2D eigenvalue weighted by Gasteiger charge is -2.33. The summed E-state index contributed by atoms with van der Waals surface area (Å²) >= 11 is 0. The number of benzene rings is 2. The van der Waals surface area contributed by atoms with Gasteiger partial charge in [-0.3, -0.25) is 14.9 Å². The molecule has 2 aromatic rings. The normalized spacial score (nSPS) is 14.8. The van der Waals surface area contributed by atoms with Crippen LogP contribution in [0.3, 0.4) is 0 Å². The maximum atomic E-state index is 13.4. The van der Waals surface area contributed by atoms with Crippen LogP contribution in [0.1, 0.15) is 28.8 Å². The Hall–Kier alpha value is -3.03. The zero-order valence-corrected chi connectivity index (χ0v) is 15.5. The van der Waals surface area contributed by atoms with Gasteiger partial charge in [0.05, 0.1) is 4.92 Å². The molecule has 6 nitrogen and oxygen atoms in total. The second kappa shape index (κ2) is 8.33. The number of hydrogen-bond acceptors (Lipinski definition) is 4. The molecular formula is C20H21F2N3O3. The number of rotatable bonds is 5. The maximum Gasteiger partial charge on any atom is 0.293 e. The lowest BCUT2D eigenvalue weighted by molar-refractivity contribution is -0.384. The van der Waals surface area contributed by atoms with Crippen LogP contribution in [-0.2, 0) is 6.42 Å². The SMILES string of the molecule is CNC(=O)c1ccc(N2CCC(Cc3ccc(F)c(F)c3)CC2)c([N+](=O)[O-])c1. The number of carbonyl (C=O) groups is 1. The van der Waals surface area contributed by atoms with Crippen LogP contribution < -0.4 is 10.2 Å². The Kier molecular flexibility index (Phi) is 5.87. The summed E-state index contributed by atoms with van der Waals surface area (Å²) in [5.41, 5.74) is 1.38. The van der Waals surface area contributed by atoms with Gasteiger partial charge in [0.25, 0.3) is 11.6 Å². The monoisotopic (exact) mass is 389 g/mol. The van der Waals surface area contributed by atoms with E-state index >= 15 is 0 Å². The number of hydrogen-bond donors (Lipinski definition) is 1. The second-order valence-electron chi connectivity index (χ2n) is 6.92. The predicted octanol–water partition coefficient (Wildman–Crippen LogP) is 3.69. The van der Waals surface area contributed by atoms with Gasteiger partial charge in [-0.1, -0.05) is 6.07 Å². The molecule has 1 N–H and O–H groups in total. The molecule has 3 rings (SSSR count). The van der Waals surface area contributed by atoms with Crippen molar-refractivity contribution in [2.75, 3.05) is 25.0 Å². The summed E-state index contributed by atoms with van der Waals surface area (Å²) in [6.45, 7) is 1.24. The van der Waals surface area contributed by atoms with Crippen molar-refractivity contribution in [1.82, 2.24) is 5.32 Å². The molecule has 0 bridgehead atoms. The fourth-order valence-electron chi connectivity index (χ4n) is 3.60. The number of anilines is 1. The Morgan fingerprint density at radius 3 is 2.50 bits per heavy atom. The fourth-order valence-corrected chi connectivity index (χ4v) is 3.60. The Bertz CT molecular complexity index is 896. The van der Waals surface area contributed by atoms with Crippen molar-refractivity contribution >= 4 is 17.3 Å². The molecule has 0 radical (unpaired) electrons. The minimum absolute atomic E-state index is 0.0971. The molecule has 1 saturated heterocycles. The van der Waals surface area contributed by atoms with E-state index in [1.54, 1.807) is 18.2 Å². The van der Waals surface area contributed by atoms with Crippen LogP contribution in [0.5, 0.6) is 0 Å². The Morgan fingerprint density at radius 1 is 1.18 bits per heavy atom. The van der Waals surface area contributed by atoms with E-state index in [9.17, 15) is 23.7 Å². The van der Waals surface area contributed by atoms with E-state index in [2.05, 4.69) is 5.32 Å². The lowest BCUT2D eigenvalue weighted by Crippen LogP contribution is -2.34. The highest BCUT2D eigenvalue weighted by atomic mass is 19.2. The van der Waals surface area contributed by atoms with E-state index in [-0.39, 0.29) is 17.2 Å². The molecule has 148 valence electrons. The summed E-state index contributed by atoms with van der Waals surface area (Å²) in [6.07, 6.45) is 2.21. The summed E-state index contributed by atoms with van der Waals surface area (Å²) in [6, 6.07) is 8.43. The van der Waals surface area contributed by atoms with Gasteiger partial charge in [0, 0.05) is 31.8 Å². The molecular weight excluding hydrogens is 368 g/mol. The third-order valence-electron chi connectivity index (χ3n) is 5.12. The second-order valence-corrected chi connectivity index (χ2v) is 6.92. The molecule has 1 aliphatic heterocycles. The van der Waals surface area contributed by atoms with Crippen LogP contribution in [-0.4, -0.2) is 31.0 Å². The Balaban J connectivity index is 1.69. The third-order valence-corrected chi connectivity index (χ3v) is 5.12. The molecule has 8 heteroatoms. The van der Waals surface area contributed by atoms with Crippen molar-refractivity contribution < 1.29 is 18.5 Å². The topological polar surface area (TPSA) is 75.5 Å². The smallest absolute Gasteiger partial charge is 0.293 e. The molecule has 0 aliphatic carbocycles. The molecule has 28 heavy (non-hydrogen) atoms. The number of halogens is 2. The van der Waals surface area contributed by atoms with Gasteiger partial charge >= 0.3 is 0 Å². The lowest BCUT2D eigenvalue weighted by atomic mass is 9.90. The van der Waals surface area contributed by atoms with Crippen molar-refractivity contribution in [1.29, 1.82) is 0 Å². The molecule has 1 amide bonds. The van der Waals surface area contributed by atoms with Crippen molar-refractivity contribution in [3.05, 3.63) is 69.3 Å². The van der Waals surface area contributed by atoms with Crippen LogP contribution >= 0.6 is 0 Å². The van der Waals surface area contributed by atoms with Crippen molar-refractivity contribution in [3.63, 3.8) is 0 Å². The molecule has 2 aromatic carbocycles. The van der Waals surface area contributed by atoms with Crippen LogP contribution in [0, 0.1) is 27.7 Å². The van der Waals surface area contributed by atoms with E-state index in [1.807, 2.05) is 4.90 Å². The third kappa shape index (κ3) is 4.27. The molecule has 1 aliphatic rings. The van der Waals surface area contributed by atoms with Crippen LogP contribution in [0.15, 0.2) is 36.4 Å². The fraction of sp³-hybridized carbons (Fsp3) is 0.350. The first-order valence-corrected chi connectivity index (χ1v) is 9.08. The van der Waals surface area contributed by atoms with Crippen LogP contribution in [0.2, 0.25) is 0 Å². The first-order chi connectivity index (χ1) is 13.4. The highest BCUT2D eigenvalue weighted by Crippen LogP contribution is 2.33.